The van der Waals surface area contributed by atoms with Crippen LogP contribution in [0.1, 0.15) is 57.8 Å². The van der Waals surface area contributed by atoms with E-state index in [2.05, 4.69) is 0 Å². The summed E-state index contributed by atoms with van der Waals surface area (Å²) in [5, 5.41) is 181. The van der Waals surface area contributed by atoms with Crippen molar-refractivity contribution in [2.75, 3.05) is 79.0 Å². The molecule has 0 saturated heterocycles. The number of aliphatic hydroxyl groups is 8. The topological polar surface area (TPSA) is 1160 Å². The van der Waals surface area contributed by atoms with Gasteiger partial charge in [-0.1, -0.05) is 0 Å². The zero-order valence-corrected chi connectivity index (χ0v) is 70.9. The molecule has 23 amide bonds. The molecule has 43 N–H and O–H groups in total. The molecule has 0 aromatic rings. The van der Waals surface area contributed by atoms with Crippen molar-refractivity contribution >= 4 is 178 Å². The molecule has 0 aromatic heterocycles. The quantitative estimate of drug-likeness (QED) is 0.0269. The highest BCUT2D eigenvalue weighted by molar-refractivity contribution is 6.04. The van der Waals surface area contributed by atoms with Gasteiger partial charge in [0.2, 0.25) is 136 Å². The number of nitrogens with one attached hydrogen (secondary N) is 20. The second-order valence-electron chi connectivity index (χ2n) is 28.1. The number of amides is 23. The number of carbonyl (C=O) groups excluding carboxylic acids is 23. The fraction of sp³-hybridized carbons (Fsp3) is 0.559. The van der Waals surface area contributed by atoms with Crippen molar-refractivity contribution in [2.45, 2.75) is 160 Å². The molecule has 0 aromatic carbocycles. The predicted molar refractivity (Wildman–Crippen MR) is 430 cm³/mol. The van der Waals surface area contributed by atoms with E-state index in [1.54, 1.807) is 26.6 Å². The van der Waals surface area contributed by atoms with Gasteiger partial charge in [0.05, 0.1) is 143 Å². The van der Waals surface area contributed by atoms with Gasteiger partial charge in [0, 0.05) is 0 Å². The molecule has 0 spiro atoms. The maximum atomic E-state index is 13.6. The second kappa shape index (κ2) is 61.5. The number of carbonyl (C=O) groups is 30. The molecule has 0 fully saturated rings. The van der Waals surface area contributed by atoms with Gasteiger partial charge in [0.25, 0.3) is 0 Å². The van der Waals surface area contributed by atoms with Crippen LogP contribution in [0.5, 0.6) is 0 Å². The minimum atomic E-state index is -2.37. The van der Waals surface area contributed by atoms with E-state index in [0.29, 0.717) is 0 Å². The highest BCUT2D eigenvalue weighted by Gasteiger charge is 2.41. The van der Waals surface area contributed by atoms with E-state index in [9.17, 15) is 215 Å². The van der Waals surface area contributed by atoms with Crippen molar-refractivity contribution in [2.24, 2.45) is 22.9 Å². The lowest BCUT2D eigenvalue weighted by Crippen LogP contribution is -2.61. The van der Waals surface area contributed by atoms with Crippen LogP contribution in [-0.2, 0) is 144 Å². The minimum Gasteiger partial charge on any atom is -0.481 e. The molecule has 0 heterocycles. The number of nitrogens with two attached hydrogens (primary N) is 4. The summed E-state index contributed by atoms with van der Waals surface area (Å²) in [4.78, 5) is 379. The maximum Gasteiger partial charge on any atom is 0.328 e. The molecule has 0 aliphatic carbocycles. The summed E-state index contributed by atoms with van der Waals surface area (Å²) >= 11 is 0. The lowest BCUT2D eigenvalue weighted by Gasteiger charge is -2.26. The van der Waals surface area contributed by atoms with Crippen LogP contribution in [-0.4, -0.2) is 436 Å². The third-order valence-electron chi connectivity index (χ3n) is 17.2. The van der Waals surface area contributed by atoms with Gasteiger partial charge in [-0.3, -0.25) is 139 Å². The van der Waals surface area contributed by atoms with Crippen LogP contribution in [0.4, 0.5) is 0 Å². The summed E-state index contributed by atoms with van der Waals surface area (Å²) in [5.74, 6) is -47.2. The van der Waals surface area contributed by atoms with Crippen LogP contribution in [0.25, 0.3) is 0 Å². The lowest BCUT2D eigenvalue weighted by atomic mass is 10.1. The van der Waals surface area contributed by atoms with Gasteiger partial charge in [0.1, 0.15) is 96.7 Å². The van der Waals surface area contributed by atoms with Crippen LogP contribution in [0, 0.1) is 0 Å². The number of carboxylic acid groups (broad SMARTS) is 7. The van der Waals surface area contributed by atoms with E-state index in [0.717, 1.165) is 0 Å². The highest BCUT2D eigenvalue weighted by Crippen LogP contribution is 2.08. The van der Waals surface area contributed by atoms with Crippen LogP contribution >= 0.6 is 0 Å². The molecule has 0 saturated carbocycles. The van der Waals surface area contributed by atoms with E-state index in [1.807, 2.05) is 79.8 Å². The first-order valence-corrected chi connectivity index (χ1v) is 38.9. The molecule has 0 rings (SSSR count). The van der Waals surface area contributed by atoms with Crippen molar-refractivity contribution < 1.29 is 220 Å². The van der Waals surface area contributed by atoms with Gasteiger partial charge in [0.15, 0.2) is 0 Å². The Hall–Kier alpha value is -16.3. The SMILES string of the molecule is NC(=O)C[C@H](NC(=O)[C@H](CO)NC(=O)[C@H](CC(=O)O)NC(=O)[C@H](CO)NC(=O)CNC(=O)[C@H](CO)NC(=O)CNC(=O)[C@H](CC(=O)O)NC(=O)[C@H](CC(N)=O)NC(=O)[C@H](CO)NC(=O)[C@H](CC(=O)O)NC(=O)[C@H](CO)NC(=O)[C@H](CC(=O)O)NC(=O)[C@@H](N)CC(N)=O)C(=O)N[C@@H](CC(=O)O)C(=O)NCC(=O)N[C@@H](CO)C(=O)NCC(=O)N[C@@H](CO)C(=O)N[C@@H](CC(=O)O)C(=O)N[C@@H](CO)C(=O)O. The summed E-state index contributed by atoms with van der Waals surface area (Å²) in [6, 6.07) is -36.8. The number of carboxylic acids is 7. The number of primary amides is 3. The molecular formula is C68H102N24O45. The summed E-state index contributed by atoms with van der Waals surface area (Å²) < 4.78 is 0. The van der Waals surface area contributed by atoms with Gasteiger partial charge in [-0.15, -0.1) is 0 Å². The van der Waals surface area contributed by atoms with E-state index in [1.165, 1.54) is 0 Å². The molecule has 0 aliphatic heterocycles. The Labute approximate surface area is 764 Å². The minimum absolute atomic E-state index is 0.791. The maximum absolute atomic E-state index is 13.6. The predicted octanol–water partition coefficient (Wildman–Crippen LogP) is -27.0. The smallest absolute Gasteiger partial charge is 0.328 e. The van der Waals surface area contributed by atoms with E-state index in [-0.39, 0.29) is 0 Å². The second-order valence-corrected chi connectivity index (χ2v) is 28.1. The molecule has 17 atom stereocenters. The van der Waals surface area contributed by atoms with Crippen molar-refractivity contribution in [1.29, 1.82) is 0 Å². The first kappa shape index (κ1) is 121. The van der Waals surface area contributed by atoms with Gasteiger partial charge in [-0.05, 0) is 0 Å². The van der Waals surface area contributed by atoms with E-state index in [4.69, 9.17) is 28.0 Å². The van der Waals surface area contributed by atoms with Crippen molar-refractivity contribution in [1.82, 2.24) is 106 Å². The molecule has 0 bridgehead atoms. The summed E-state index contributed by atoms with van der Waals surface area (Å²) in [7, 11) is 0. The Kier molecular flexibility index (Phi) is 54.2. The van der Waals surface area contributed by atoms with E-state index >= 15 is 0 Å². The largest absolute Gasteiger partial charge is 0.481 e. The first-order chi connectivity index (χ1) is 63.9. The summed E-state index contributed by atoms with van der Waals surface area (Å²) in [6.45, 7) is -15.7. The molecule has 137 heavy (non-hydrogen) atoms. The summed E-state index contributed by atoms with van der Waals surface area (Å²) in [5.41, 5.74) is 20.9. The monoisotopic (exact) mass is 1970 g/mol. The number of hydrogen-bond acceptors (Lipinski definition) is 39. The fourth-order valence-corrected chi connectivity index (χ4v) is 10.4. The van der Waals surface area contributed by atoms with Crippen LogP contribution < -0.4 is 129 Å². The van der Waals surface area contributed by atoms with Gasteiger partial charge in [-0.25, -0.2) is 4.79 Å². The standard InChI is InChI=1S/C68H102N24O45/c69-22(1-39(70)101)52(120)81-27(6-48(112)113)59(127)89-37(20-99)67(135)88-29(8-50(116)117)61(129)91-36(19-98)66(134)83-24(3-41(72)103)58(126)85-26(5-47(110)111)54(122)74-10-42(104)77-31(14-93)55(123)75-12-44(106)79-33(16-95)63(131)86-28(7-49(114)115)60(128)90-35(18-97)65(133)82-23(2-40(71)102)57(125)84-25(4-46(108)109)53(121)73-11-43(105)78-32(15-94)56(124)76-13-45(107)80-34(17-96)64(132)87-30(9-51(118)119)62(130)92-38(21-100)68(136)137/h22-38,93-100H,1-21,69H2,(H2,70,101)(H2,71,102)(H2,72,103)(H,73,121)(H,74,122)(H,75,123)(H,76,124)(H,77,104)(H,78,105)(H,79,106)(H,80,107)(H,81,120)(H,82,133)(H,83,134)(H,84,125)(H,85,126)(H,86,131)(H,87,132)(H,88,135)(H,89,127)(H,90,128)(H,91,129)(H,92,130)(H,108,109)(H,110,111)(H,112,113)(H,114,115)(H,116,117)(H,118,119)(H,136,137)/t22-,23-,24-,25-,26-,27-,28-,29-,30-,31-,32-,33-,34-,35-,36-,37-,38-/m0/s1. The van der Waals surface area contributed by atoms with E-state index < -0.39 is 417 Å². The molecular weight excluding hydrogens is 1870 g/mol. The Balaban J connectivity index is 6.14. The van der Waals surface area contributed by atoms with Crippen LogP contribution in [0.3, 0.4) is 0 Å². The average Bonchev–Trinajstić information content (AvgIpc) is 0.851. The Morgan fingerprint density at radius 3 is 0.489 bits per heavy atom. The van der Waals surface area contributed by atoms with Crippen molar-refractivity contribution in [3.05, 3.63) is 0 Å². The normalized spacial score (nSPS) is 14.4. The Morgan fingerprint density at radius 1 is 0.175 bits per heavy atom. The third kappa shape index (κ3) is 47.1. The molecule has 0 unspecified atom stereocenters. The Bertz CT molecular complexity index is 4480. The molecule has 69 nitrogen and oxygen atoms in total. The van der Waals surface area contributed by atoms with Gasteiger partial charge < -0.3 is 206 Å². The first-order valence-electron chi connectivity index (χ1n) is 38.9. The zero-order valence-electron chi connectivity index (χ0n) is 70.9. The number of rotatable bonds is 67. The molecule has 69 heteroatoms. The number of aliphatic carboxylic acids is 7. The molecule has 764 valence electrons. The zero-order chi connectivity index (χ0) is 105. The third-order valence-corrected chi connectivity index (χ3v) is 17.2. The molecule has 0 aliphatic rings. The van der Waals surface area contributed by atoms with Crippen molar-refractivity contribution in [3.63, 3.8) is 0 Å². The van der Waals surface area contributed by atoms with Crippen LogP contribution in [0.2, 0.25) is 0 Å². The fourth-order valence-electron chi connectivity index (χ4n) is 10.4. The number of hydrogen-bond donors (Lipinski definition) is 39. The van der Waals surface area contributed by atoms with Gasteiger partial charge in [-0.2, -0.15) is 0 Å². The van der Waals surface area contributed by atoms with Gasteiger partial charge >= 0.3 is 41.8 Å². The Morgan fingerprint density at radius 2 is 0.314 bits per heavy atom. The highest BCUT2D eigenvalue weighted by atomic mass is 16.4. The summed E-state index contributed by atoms with van der Waals surface area (Å²) in [6.07, 6.45) is -11.3. The average molecular weight is 1980 g/mol. The molecule has 0 radical (unpaired) electrons. The number of aliphatic hydroxyl groups excluding tert-OH is 8. The lowest BCUT2D eigenvalue weighted by molar-refractivity contribution is -0.145. The van der Waals surface area contributed by atoms with Crippen molar-refractivity contribution in [3.8, 4) is 0 Å². The van der Waals surface area contributed by atoms with Crippen LogP contribution in [0.15, 0.2) is 0 Å².